The van der Waals surface area contributed by atoms with Gasteiger partial charge in [-0.25, -0.2) is 0 Å². The molecule has 2 heterocycles. The third-order valence-corrected chi connectivity index (χ3v) is 4.21. The van der Waals surface area contributed by atoms with Crippen molar-refractivity contribution >= 4 is 21.2 Å². The second-order valence-electron chi connectivity index (χ2n) is 5.73. The van der Waals surface area contributed by atoms with Gasteiger partial charge in [-0.1, -0.05) is 40.3 Å². The topological polar surface area (TPSA) is 46.2 Å². The van der Waals surface area contributed by atoms with Crippen molar-refractivity contribution in [3.63, 3.8) is 0 Å². The van der Waals surface area contributed by atoms with Crippen molar-refractivity contribution in [3.05, 3.63) is 0 Å². The first-order valence-electron chi connectivity index (χ1n) is 8.41. The SMILES string of the molecule is CCB(CC)OC1COB(CC)OC1C1COB(CC)O1. The maximum Gasteiger partial charge on any atom is 0.457 e. The molecule has 0 radical (unpaired) electrons. The molecule has 2 rings (SSSR count). The number of hydrogen-bond donors (Lipinski definition) is 0. The van der Waals surface area contributed by atoms with Crippen LogP contribution in [0.4, 0.5) is 0 Å². The summed E-state index contributed by atoms with van der Waals surface area (Å²) in [4.78, 5) is 0. The largest absolute Gasteiger partial charge is 0.457 e. The average molecular weight is 296 g/mol. The summed E-state index contributed by atoms with van der Waals surface area (Å²) in [6.07, 6.45) is 3.43. The van der Waals surface area contributed by atoms with Gasteiger partial charge in [-0.15, -0.1) is 0 Å². The van der Waals surface area contributed by atoms with Crippen molar-refractivity contribution in [3.8, 4) is 0 Å². The molecule has 8 heteroatoms. The smallest absolute Gasteiger partial charge is 0.428 e. The van der Waals surface area contributed by atoms with Crippen LogP contribution in [0.15, 0.2) is 0 Å². The summed E-state index contributed by atoms with van der Waals surface area (Å²) in [6.45, 7) is 9.79. The van der Waals surface area contributed by atoms with Gasteiger partial charge in [-0.2, -0.15) is 0 Å². The lowest BCUT2D eigenvalue weighted by Crippen LogP contribution is -2.54. The van der Waals surface area contributed by atoms with Crippen molar-refractivity contribution < 1.29 is 23.3 Å². The first-order valence-corrected chi connectivity index (χ1v) is 8.41. The van der Waals surface area contributed by atoms with Crippen LogP contribution in [0.1, 0.15) is 27.7 Å². The molecule has 3 atom stereocenters. The molecule has 0 aromatic heterocycles. The van der Waals surface area contributed by atoms with Gasteiger partial charge in [0.05, 0.1) is 31.5 Å². The molecule has 0 aromatic carbocycles. The van der Waals surface area contributed by atoms with E-state index in [9.17, 15) is 0 Å². The first kappa shape index (κ1) is 17.4. The van der Waals surface area contributed by atoms with Gasteiger partial charge in [0.25, 0.3) is 6.92 Å². The van der Waals surface area contributed by atoms with Crippen LogP contribution in [0.5, 0.6) is 0 Å². The Balaban J connectivity index is 1.99. The van der Waals surface area contributed by atoms with E-state index in [1.807, 2.05) is 0 Å². The first-order chi connectivity index (χ1) is 10.2. The van der Waals surface area contributed by atoms with Crippen molar-refractivity contribution in [1.29, 1.82) is 0 Å². The Bertz CT molecular complexity index is 306. The van der Waals surface area contributed by atoms with Gasteiger partial charge in [-0.3, -0.25) is 0 Å². The van der Waals surface area contributed by atoms with Crippen LogP contribution < -0.4 is 0 Å². The lowest BCUT2D eigenvalue weighted by Gasteiger charge is -2.39. The average Bonchev–Trinajstić information content (AvgIpc) is 3.01. The zero-order valence-corrected chi connectivity index (χ0v) is 13.7. The molecule has 0 saturated carbocycles. The third-order valence-electron chi connectivity index (χ3n) is 4.21. The van der Waals surface area contributed by atoms with Crippen LogP contribution in [0.2, 0.25) is 25.3 Å². The molecule has 118 valence electrons. The summed E-state index contributed by atoms with van der Waals surface area (Å²) in [7, 11) is -0.281. The predicted octanol–water partition coefficient (Wildman–Crippen LogP) is 2.25. The fraction of sp³-hybridized carbons (Fsp3) is 1.00. The third kappa shape index (κ3) is 4.49. The molecular formula is C13H27B3O5. The monoisotopic (exact) mass is 296 g/mol. The maximum absolute atomic E-state index is 6.19. The van der Waals surface area contributed by atoms with E-state index in [4.69, 9.17) is 23.3 Å². The highest BCUT2D eigenvalue weighted by Crippen LogP contribution is 2.26. The minimum absolute atomic E-state index is 0.0627. The van der Waals surface area contributed by atoms with Gasteiger partial charge in [0.15, 0.2) is 0 Å². The van der Waals surface area contributed by atoms with Crippen molar-refractivity contribution in [2.45, 2.75) is 71.3 Å². The predicted molar refractivity (Wildman–Crippen MR) is 85.7 cm³/mol. The Morgan fingerprint density at radius 1 is 0.952 bits per heavy atom. The highest BCUT2D eigenvalue weighted by molar-refractivity contribution is 6.51. The van der Waals surface area contributed by atoms with Crippen molar-refractivity contribution in [2.24, 2.45) is 0 Å². The molecule has 2 saturated heterocycles. The zero-order chi connectivity index (χ0) is 15.2. The normalized spacial score (nSPS) is 30.0. The zero-order valence-electron chi connectivity index (χ0n) is 13.7. The van der Waals surface area contributed by atoms with E-state index in [-0.39, 0.29) is 39.5 Å². The number of hydrogen-bond acceptors (Lipinski definition) is 5. The molecular weight excluding hydrogens is 269 g/mol. The Labute approximate surface area is 129 Å². The second-order valence-corrected chi connectivity index (χ2v) is 5.73. The van der Waals surface area contributed by atoms with Crippen LogP contribution in [0.25, 0.3) is 0 Å². The molecule has 3 unspecified atom stereocenters. The highest BCUT2D eigenvalue weighted by Gasteiger charge is 2.44. The Hall–Kier alpha value is -0.00519. The fourth-order valence-corrected chi connectivity index (χ4v) is 2.85. The molecule has 0 bridgehead atoms. The summed E-state index contributed by atoms with van der Waals surface area (Å²) >= 11 is 0. The van der Waals surface area contributed by atoms with Crippen molar-refractivity contribution in [1.82, 2.24) is 0 Å². The Kier molecular flexibility index (Phi) is 7.09. The Morgan fingerprint density at radius 2 is 1.57 bits per heavy atom. The Morgan fingerprint density at radius 3 is 2.14 bits per heavy atom. The summed E-state index contributed by atoms with van der Waals surface area (Å²) in [6, 6.07) is 0. The fourth-order valence-electron chi connectivity index (χ4n) is 2.85. The van der Waals surface area contributed by atoms with Gasteiger partial charge < -0.3 is 23.3 Å². The van der Waals surface area contributed by atoms with Gasteiger partial charge in [0.1, 0.15) is 0 Å². The summed E-state index contributed by atoms with van der Waals surface area (Å²) < 4.78 is 29.6. The van der Waals surface area contributed by atoms with Gasteiger partial charge in [0.2, 0.25) is 0 Å². The number of rotatable bonds is 7. The van der Waals surface area contributed by atoms with Gasteiger partial charge in [0, 0.05) is 0 Å². The molecule has 21 heavy (non-hydrogen) atoms. The van der Waals surface area contributed by atoms with E-state index in [1.54, 1.807) is 0 Å². The highest BCUT2D eigenvalue weighted by atomic mass is 16.7. The minimum Gasteiger partial charge on any atom is -0.428 e. The lowest BCUT2D eigenvalue weighted by molar-refractivity contribution is -0.0803. The lowest BCUT2D eigenvalue weighted by atomic mass is 9.62. The van der Waals surface area contributed by atoms with Gasteiger partial charge in [-0.05, 0) is 12.6 Å². The van der Waals surface area contributed by atoms with Crippen LogP contribution in [-0.2, 0) is 23.3 Å². The molecule has 2 aliphatic rings. The van der Waals surface area contributed by atoms with Crippen LogP contribution in [0.3, 0.4) is 0 Å². The van der Waals surface area contributed by atoms with E-state index >= 15 is 0 Å². The van der Waals surface area contributed by atoms with E-state index in [0.29, 0.717) is 13.2 Å². The van der Waals surface area contributed by atoms with Crippen LogP contribution >= 0.6 is 0 Å². The van der Waals surface area contributed by atoms with Gasteiger partial charge >= 0.3 is 14.2 Å². The van der Waals surface area contributed by atoms with Crippen molar-refractivity contribution in [2.75, 3.05) is 13.2 Å². The molecule has 0 spiro atoms. The summed E-state index contributed by atoms with van der Waals surface area (Å²) in [5, 5.41) is 0. The molecule has 2 aliphatic heterocycles. The molecule has 0 aromatic rings. The quantitative estimate of drug-likeness (QED) is 0.674. The summed E-state index contributed by atoms with van der Waals surface area (Å²) in [5.41, 5.74) is 0. The maximum atomic E-state index is 6.19. The van der Waals surface area contributed by atoms with Crippen LogP contribution in [0, 0.1) is 0 Å². The standard InChI is InChI=1S/C13H27B3O5/c1-5-14(6-2)19-11-9-18-16(8-4)21-13(11)12-10-17-15(7-3)20-12/h11-13H,5-10H2,1-4H3. The van der Waals surface area contributed by atoms with E-state index in [1.165, 1.54) is 0 Å². The molecule has 2 fully saturated rings. The molecule has 0 N–H and O–H groups in total. The van der Waals surface area contributed by atoms with E-state index in [0.717, 1.165) is 25.3 Å². The van der Waals surface area contributed by atoms with E-state index in [2.05, 4.69) is 27.7 Å². The molecule has 5 nitrogen and oxygen atoms in total. The minimum atomic E-state index is -0.166. The molecule has 0 amide bonds. The summed E-state index contributed by atoms with van der Waals surface area (Å²) in [5.74, 6) is 0. The second kappa shape index (κ2) is 8.58. The molecule has 0 aliphatic carbocycles. The van der Waals surface area contributed by atoms with Crippen LogP contribution in [-0.4, -0.2) is 52.7 Å². The van der Waals surface area contributed by atoms with E-state index < -0.39 is 0 Å².